The molecule has 0 aromatic rings. The normalized spacial score (nSPS) is 31.9. The van der Waals surface area contributed by atoms with Gasteiger partial charge >= 0.3 is 5.97 Å². The third-order valence-corrected chi connectivity index (χ3v) is 7.47. The summed E-state index contributed by atoms with van der Waals surface area (Å²) in [5.74, 6) is -4.07. The van der Waals surface area contributed by atoms with Gasteiger partial charge in [0.25, 0.3) is 5.92 Å². The van der Waals surface area contributed by atoms with Crippen LogP contribution in [0.25, 0.3) is 0 Å². The Morgan fingerprint density at radius 3 is 2.48 bits per heavy atom. The summed E-state index contributed by atoms with van der Waals surface area (Å²) in [6.07, 6.45) is 8.03. The van der Waals surface area contributed by atoms with Crippen molar-refractivity contribution in [1.82, 2.24) is 0 Å². The van der Waals surface area contributed by atoms with Gasteiger partial charge in [-0.05, 0) is 51.4 Å². The fraction of sp³-hybridized carbons (Fsp3) is 0.957. The van der Waals surface area contributed by atoms with Crippen LogP contribution in [0, 0.1) is 17.3 Å². The summed E-state index contributed by atoms with van der Waals surface area (Å²) in [5, 5.41) is 21.1. The molecule has 0 saturated heterocycles. The number of ether oxygens (including phenoxy) is 1. The SMILES string of the molecule is CCCCCC(C)(O)CC[C@]12[C@@H](CCCCCCC(=O)OC)[C@@H](O)C[C@H]1C2(F)F. The van der Waals surface area contributed by atoms with Crippen molar-refractivity contribution >= 4 is 5.97 Å². The quantitative estimate of drug-likeness (QED) is 0.299. The number of methoxy groups -OCH3 is 1. The monoisotopic (exact) mass is 418 g/mol. The van der Waals surface area contributed by atoms with E-state index in [0.717, 1.165) is 44.9 Å². The smallest absolute Gasteiger partial charge is 0.305 e. The molecule has 0 aliphatic heterocycles. The highest BCUT2D eigenvalue weighted by molar-refractivity contribution is 5.68. The number of rotatable bonds is 14. The third kappa shape index (κ3) is 5.49. The van der Waals surface area contributed by atoms with Crippen LogP contribution in [0.5, 0.6) is 0 Å². The minimum absolute atomic E-state index is 0.179. The molecule has 2 rings (SSSR count). The van der Waals surface area contributed by atoms with Gasteiger partial charge in [-0.3, -0.25) is 4.79 Å². The van der Waals surface area contributed by atoms with E-state index in [1.165, 1.54) is 7.11 Å². The second-order valence-electron chi connectivity index (χ2n) is 9.61. The van der Waals surface area contributed by atoms with Crippen LogP contribution >= 0.6 is 0 Å². The van der Waals surface area contributed by atoms with Crippen molar-refractivity contribution in [2.75, 3.05) is 7.11 Å². The molecule has 0 aromatic heterocycles. The number of alkyl halides is 2. The highest BCUT2D eigenvalue weighted by Crippen LogP contribution is 2.78. The summed E-state index contributed by atoms with van der Waals surface area (Å²) in [5.41, 5.74) is -2.05. The summed E-state index contributed by atoms with van der Waals surface area (Å²) in [6.45, 7) is 3.86. The van der Waals surface area contributed by atoms with Gasteiger partial charge in [0.1, 0.15) is 0 Å². The Bertz CT molecular complexity index is 537. The minimum atomic E-state index is -2.72. The number of carbonyl (C=O) groups is 1. The van der Waals surface area contributed by atoms with E-state index >= 15 is 0 Å². The number of aliphatic hydroxyl groups is 2. The number of fused-ring (bicyclic) bond motifs is 1. The van der Waals surface area contributed by atoms with Crippen molar-refractivity contribution in [2.45, 2.75) is 115 Å². The molecular formula is C23H40F2O4. The van der Waals surface area contributed by atoms with E-state index < -0.39 is 34.9 Å². The molecule has 0 aromatic carbocycles. The van der Waals surface area contributed by atoms with Gasteiger partial charge in [-0.15, -0.1) is 0 Å². The largest absolute Gasteiger partial charge is 0.469 e. The summed E-state index contributed by atoms with van der Waals surface area (Å²) >= 11 is 0. The van der Waals surface area contributed by atoms with E-state index in [1.54, 1.807) is 6.92 Å². The Hall–Kier alpha value is -0.750. The molecule has 2 aliphatic carbocycles. The van der Waals surface area contributed by atoms with Gasteiger partial charge in [0, 0.05) is 17.8 Å². The van der Waals surface area contributed by atoms with Crippen LogP contribution in [0.1, 0.15) is 97.3 Å². The zero-order valence-corrected chi connectivity index (χ0v) is 18.4. The van der Waals surface area contributed by atoms with Gasteiger partial charge in [0.05, 0.1) is 18.8 Å². The Kier molecular flexibility index (Phi) is 8.49. The fourth-order valence-corrected chi connectivity index (χ4v) is 5.59. The van der Waals surface area contributed by atoms with Crippen LogP contribution in [0.15, 0.2) is 0 Å². The Morgan fingerprint density at radius 1 is 1.14 bits per heavy atom. The number of halogens is 2. The van der Waals surface area contributed by atoms with E-state index in [9.17, 15) is 23.8 Å². The lowest BCUT2D eigenvalue weighted by Gasteiger charge is -2.31. The summed E-state index contributed by atoms with van der Waals surface area (Å²) < 4.78 is 34.0. The maximum Gasteiger partial charge on any atom is 0.305 e. The van der Waals surface area contributed by atoms with Gasteiger partial charge in [-0.25, -0.2) is 8.78 Å². The summed E-state index contributed by atoms with van der Waals surface area (Å²) in [4.78, 5) is 11.1. The second kappa shape index (κ2) is 10.0. The molecular weight excluding hydrogens is 378 g/mol. The van der Waals surface area contributed by atoms with E-state index in [1.807, 2.05) is 0 Å². The molecule has 0 radical (unpaired) electrons. The van der Waals surface area contributed by atoms with Crippen LogP contribution in [0.3, 0.4) is 0 Å². The van der Waals surface area contributed by atoms with Crippen molar-refractivity contribution in [3.05, 3.63) is 0 Å². The molecule has 4 nitrogen and oxygen atoms in total. The number of esters is 1. The third-order valence-electron chi connectivity index (χ3n) is 7.47. The average Bonchev–Trinajstić information content (AvgIpc) is 2.95. The first kappa shape index (κ1) is 24.5. The molecule has 5 atom stereocenters. The second-order valence-corrected chi connectivity index (χ2v) is 9.61. The van der Waals surface area contributed by atoms with E-state index in [0.29, 0.717) is 25.7 Å². The Balaban J connectivity index is 1.86. The van der Waals surface area contributed by atoms with Crippen molar-refractivity contribution in [1.29, 1.82) is 0 Å². The van der Waals surface area contributed by atoms with E-state index in [-0.39, 0.29) is 18.8 Å². The van der Waals surface area contributed by atoms with Crippen molar-refractivity contribution in [2.24, 2.45) is 17.3 Å². The molecule has 2 fully saturated rings. The average molecular weight is 419 g/mol. The molecule has 29 heavy (non-hydrogen) atoms. The first-order chi connectivity index (χ1) is 13.6. The number of hydrogen-bond acceptors (Lipinski definition) is 4. The first-order valence-electron chi connectivity index (χ1n) is 11.5. The summed E-state index contributed by atoms with van der Waals surface area (Å²) in [6, 6.07) is 0. The van der Waals surface area contributed by atoms with Crippen LogP contribution in [0.2, 0.25) is 0 Å². The lowest BCUT2D eigenvalue weighted by Crippen LogP contribution is -2.33. The van der Waals surface area contributed by atoms with Gasteiger partial charge in [0.2, 0.25) is 0 Å². The van der Waals surface area contributed by atoms with E-state index in [2.05, 4.69) is 11.7 Å². The van der Waals surface area contributed by atoms with Crippen LogP contribution in [-0.4, -0.2) is 40.9 Å². The number of hydrogen-bond donors (Lipinski definition) is 2. The van der Waals surface area contributed by atoms with Crippen LogP contribution in [-0.2, 0) is 9.53 Å². The zero-order chi connectivity index (χ0) is 21.7. The molecule has 2 N–H and O–H groups in total. The molecule has 1 unspecified atom stereocenters. The molecule has 0 heterocycles. The topological polar surface area (TPSA) is 66.8 Å². The molecule has 0 bridgehead atoms. The van der Waals surface area contributed by atoms with Gasteiger partial charge in [-0.2, -0.15) is 0 Å². The lowest BCUT2D eigenvalue weighted by atomic mass is 9.78. The van der Waals surface area contributed by atoms with Crippen LogP contribution in [0.4, 0.5) is 8.78 Å². The standard InChI is InChI=1S/C23H40F2O4/c1-4-5-10-13-21(2,28)14-15-22-17(18(26)16-19(22)23(22,24)25)11-8-6-7-9-12-20(27)29-3/h17-19,26,28H,4-16H2,1-3H3/t17-,18-,19+,21?,22-/m0/s1. The lowest BCUT2D eigenvalue weighted by molar-refractivity contribution is -0.140. The van der Waals surface area contributed by atoms with Gasteiger partial charge < -0.3 is 14.9 Å². The first-order valence-corrected chi connectivity index (χ1v) is 11.5. The number of carbonyl (C=O) groups excluding carboxylic acids is 1. The Morgan fingerprint density at radius 2 is 1.83 bits per heavy atom. The predicted molar refractivity (Wildman–Crippen MR) is 109 cm³/mol. The van der Waals surface area contributed by atoms with E-state index in [4.69, 9.17) is 0 Å². The molecule has 2 saturated carbocycles. The number of unbranched alkanes of at least 4 members (excludes halogenated alkanes) is 5. The van der Waals surface area contributed by atoms with Gasteiger partial charge in [0.15, 0.2) is 0 Å². The zero-order valence-electron chi connectivity index (χ0n) is 18.4. The fourth-order valence-electron chi connectivity index (χ4n) is 5.59. The van der Waals surface area contributed by atoms with Crippen molar-refractivity contribution < 1.29 is 28.5 Å². The minimum Gasteiger partial charge on any atom is -0.469 e. The summed E-state index contributed by atoms with van der Waals surface area (Å²) in [7, 11) is 1.37. The number of aliphatic hydroxyl groups excluding tert-OH is 1. The Labute approximate surface area is 174 Å². The van der Waals surface area contributed by atoms with Crippen LogP contribution < -0.4 is 0 Å². The molecule has 170 valence electrons. The maximum atomic E-state index is 14.7. The molecule has 0 spiro atoms. The van der Waals surface area contributed by atoms with Crippen molar-refractivity contribution in [3.63, 3.8) is 0 Å². The highest BCUT2D eigenvalue weighted by Gasteiger charge is 2.85. The molecule has 0 amide bonds. The highest BCUT2D eigenvalue weighted by atomic mass is 19.3. The molecule has 6 heteroatoms. The van der Waals surface area contributed by atoms with Crippen molar-refractivity contribution in [3.8, 4) is 0 Å². The predicted octanol–water partition coefficient (Wildman–Crippen LogP) is 5.24. The van der Waals surface area contributed by atoms with Gasteiger partial charge in [-0.1, -0.05) is 45.4 Å². The molecule has 2 aliphatic rings. The maximum absolute atomic E-state index is 14.7.